The number of rotatable bonds is 6. The van der Waals surface area contributed by atoms with Crippen molar-refractivity contribution in [3.63, 3.8) is 0 Å². The van der Waals surface area contributed by atoms with Crippen LogP contribution in [0.4, 0.5) is 0 Å². The fourth-order valence-electron chi connectivity index (χ4n) is 4.29. The SMILES string of the molecule is CC(C)NC(=O)c1cn(CC2CCCO2)cc(C(=O)NC2CCCCCCC2)c1=O. The lowest BCUT2D eigenvalue weighted by atomic mass is 9.96. The van der Waals surface area contributed by atoms with Gasteiger partial charge < -0.3 is 19.9 Å². The fourth-order valence-corrected chi connectivity index (χ4v) is 4.29. The summed E-state index contributed by atoms with van der Waals surface area (Å²) in [5, 5.41) is 5.82. The Kier molecular flexibility index (Phi) is 8.08. The van der Waals surface area contributed by atoms with Gasteiger partial charge in [0.25, 0.3) is 11.8 Å². The standard InChI is InChI=1S/C23H35N3O4/c1-16(2)24-22(28)19-14-26(13-18-11-8-12-30-18)15-20(21(19)27)23(29)25-17-9-6-4-3-5-7-10-17/h14-18H,3-13H2,1-2H3,(H,24,28)(H,25,29). The summed E-state index contributed by atoms with van der Waals surface area (Å²) in [6.45, 7) is 4.93. The molecule has 1 saturated heterocycles. The first-order valence-electron chi connectivity index (χ1n) is 11.4. The number of nitrogens with one attached hydrogen (secondary N) is 2. The molecule has 0 radical (unpaired) electrons. The van der Waals surface area contributed by atoms with Crippen LogP contribution in [-0.2, 0) is 11.3 Å². The summed E-state index contributed by atoms with van der Waals surface area (Å²) in [5.74, 6) is -0.831. The minimum absolute atomic E-state index is 0.00649. The zero-order chi connectivity index (χ0) is 21.5. The van der Waals surface area contributed by atoms with E-state index >= 15 is 0 Å². The molecule has 30 heavy (non-hydrogen) atoms. The van der Waals surface area contributed by atoms with Crippen LogP contribution in [0.15, 0.2) is 17.2 Å². The van der Waals surface area contributed by atoms with Gasteiger partial charge in [0.2, 0.25) is 5.43 Å². The third kappa shape index (κ3) is 6.17. The zero-order valence-corrected chi connectivity index (χ0v) is 18.2. The molecule has 0 bridgehead atoms. The lowest BCUT2D eigenvalue weighted by Gasteiger charge is -2.21. The number of carbonyl (C=O) groups is 2. The maximum atomic E-state index is 13.0. The monoisotopic (exact) mass is 417 g/mol. The zero-order valence-electron chi connectivity index (χ0n) is 18.2. The number of aromatic nitrogens is 1. The van der Waals surface area contributed by atoms with Crippen LogP contribution in [0.3, 0.4) is 0 Å². The van der Waals surface area contributed by atoms with Crippen LogP contribution in [0.5, 0.6) is 0 Å². The predicted molar refractivity (Wildman–Crippen MR) is 116 cm³/mol. The van der Waals surface area contributed by atoms with Crippen LogP contribution in [0.1, 0.15) is 92.4 Å². The van der Waals surface area contributed by atoms with Gasteiger partial charge in [-0.3, -0.25) is 14.4 Å². The van der Waals surface area contributed by atoms with Crippen molar-refractivity contribution in [2.45, 2.75) is 96.4 Å². The molecule has 2 fully saturated rings. The molecule has 1 aromatic rings. The molecule has 2 heterocycles. The number of carbonyl (C=O) groups excluding carboxylic acids is 2. The second-order valence-electron chi connectivity index (χ2n) is 8.89. The molecule has 1 atom stereocenters. The summed E-state index contributed by atoms with van der Waals surface area (Å²) in [4.78, 5) is 38.7. The van der Waals surface area contributed by atoms with Crippen molar-refractivity contribution >= 4 is 11.8 Å². The number of ether oxygens (including phenoxy) is 1. The van der Waals surface area contributed by atoms with Crippen molar-refractivity contribution in [1.82, 2.24) is 15.2 Å². The van der Waals surface area contributed by atoms with Crippen LogP contribution in [0, 0.1) is 0 Å². The molecule has 1 aliphatic carbocycles. The molecule has 1 saturated carbocycles. The van der Waals surface area contributed by atoms with Crippen molar-refractivity contribution in [1.29, 1.82) is 0 Å². The molecule has 166 valence electrons. The summed E-state index contributed by atoms with van der Waals surface area (Å²) < 4.78 is 7.46. The van der Waals surface area contributed by atoms with Gasteiger partial charge in [-0.2, -0.15) is 0 Å². The summed E-state index contributed by atoms with van der Waals surface area (Å²) >= 11 is 0. The number of nitrogens with zero attached hydrogens (tertiary/aromatic N) is 1. The lowest BCUT2D eigenvalue weighted by molar-refractivity contribution is 0.0913. The Balaban J connectivity index is 1.85. The van der Waals surface area contributed by atoms with Crippen LogP contribution in [0.2, 0.25) is 0 Å². The molecule has 7 nitrogen and oxygen atoms in total. The first kappa shape index (κ1) is 22.5. The van der Waals surface area contributed by atoms with Crippen molar-refractivity contribution in [2.75, 3.05) is 6.61 Å². The van der Waals surface area contributed by atoms with Crippen molar-refractivity contribution in [3.05, 3.63) is 33.7 Å². The Morgan fingerprint density at radius 1 is 1.00 bits per heavy atom. The van der Waals surface area contributed by atoms with E-state index < -0.39 is 11.3 Å². The maximum Gasteiger partial charge on any atom is 0.256 e. The molecule has 2 amide bonds. The highest BCUT2D eigenvalue weighted by Crippen LogP contribution is 2.18. The molecule has 0 aromatic carbocycles. The summed E-state index contributed by atoms with van der Waals surface area (Å²) in [6, 6.07) is -0.0205. The maximum absolute atomic E-state index is 13.0. The van der Waals surface area contributed by atoms with Gasteiger partial charge in [0.05, 0.1) is 6.10 Å². The molecule has 3 rings (SSSR count). The molecular weight excluding hydrogens is 382 g/mol. The van der Waals surface area contributed by atoms with E-state index in [0.717, 1.165) is 45.1 Å². The van der Waals surface area contributed by atoms with Crippen molar-refractivity contribution in [3.8, 4) is 0 Å². The van der Waals surface area contributed by atoms with Crippen LogP contribution >= 0.6 is 0 Å². The molecule has 1 aromatic heterocycles. The van der Waals surface area contributed by atoms with E-state index in [4.69, 9.17) is 4.74 Å². The van der Waals surface area contributed by atoms with Gasteiger partial charge in [-0.25, -0.2) is 0 Å². The van der Waals surface area contributed by atoms with Crippen molar-refractivity contribution < 1.29 is 14.3 Å². The van der Waals surface area contributed by atoms with Gasteiger partial charge in [0.15, 0.2) is 0 Å². The van der Waals surface area contributed by atoms with E-state index in [2.05, 4.69) is 10.6 Å². The third-order valence-electron chi connectivity index (χ3n) is 5.87. The molecule has 1 aliphatic heterocycles. The topological polar surface area (TPSA) is 89.4 Å². The average molecular weight is 418 g/mol. The second-order valence-corrected chi connectivity index (χ2v) is 8.89. The highest BCUT2D eigenvalue weighted by molar-refractivity contribution is 5.99. The van der Waals surface area contributed by atoms with E-state index in [1.54, 1.807) is 17.0 Å². The fraction of sp³-hybridized carbons (Fsp3) is 0.696. The number of hydrogen-bond acceptors (Lipinski definition) is 4. The van der Waals surface area contributed by atoms with Crippen LogP contribution in [-0.4, -0.2) is 41.2 Å². The first-order valence-corrected chi connectivity index (χ1v) is 11.4. The molecular formula is C23H35N3O4. The van der Waals surface area contributed by atoms with Crippen molar-refractivity contribution in [2.24, 2.45) is 0 Å². The Bertz CT molecular complexity index is 788. The Hall–Kier alpha value is -2.15. The van der Waals surface area contributed by atoms with E-state index in [1.807, 2.05) is 13.8 Å². The predicted octanol–water partition coefficient (Wildman–Crippen LogP) is 3.01. The summed E-state index contributed by atoms with van der Waals surface area (Å²) in [6.07, 6.45) is 12.8. The molecule has 0 spiro atoms. The quantitative estimate of drug-likeness (QED) is 0.745. The summed E-state index contributed by atoms with van der Waals surface area (Å²) in [7, 11) is 0. The van der Waals surface area contributed by atoms with E-state index in [1.165, 1.54) is 19.3 Å². The number of amides is 2. The van der Waals surface area contributed by atoms with Gasteiger partial charge >= 0.3 is 0 Å². The second kappa shape index (κ2) is 10.8. The molecule has 7 heteroatoms. The third-order valence-corrected chi connectivity index (χ3v) is 5.87. The highest BCUT2D eigenvalue weighted by atomic mass is 16.5. The molecule has 2 aliphatic rings. The lowest BCUT2D eigenvalue weighted by Crippen LogP contribution is -2.41. The van der Waals surface area contributed by atoms with Gasteiger partial charge in [0, 0.05) is 37.6 Å². The number of hydrogen-bond donors (Lipinski definition) is 2. The average Bonchev–Trinajstić information content (AvgIpc) is 3.17. The minimum atomic E-state index is -0.514. The normalized spacial score (nSPS) is 20.6. The van der Waals surface area contributed by atoms with Gasteiger partial charge in [-0.15, -0.1) is 0 Å². The Morgan fingerprint density at radius 2 is 1.63 bits per heavy atom. The van der Waals surface area contributed by atoms with Crippen LogP contribution in [0.25, 0.3) is 0 Å². The summed E-state index contributed by atoms with van der Waals surface area (Å²) in [5.41, 5.74) is -0.474. The highest BCUT2D eigenvalue weighted by Gasteiger charge is 2.23. The van der Waals surface area contributed by atoms with E-state index in [9.17, 15) is 14.4 Å². The Labute approximate surface area is 178 Å². The first-order chi connectivity index (χ1) is 14.4. The molecule has 1 unspecified atom stereocenters. The Morgan fingerprint density at radius 3 is 2.23 bits per heavy atom. The van der Waals surface area contributed by atoms with Crippen LogP contribution < -0.4 is 16.1 Å². The largest absolute Gasteiger partial charge is 0.376 e. The van der Waals surface area contributed by atoms with Gasteiger partial charge in [-0.05, 0) is 39.5 Å². The van der Waals surface area contributed by atoms with E-state index in [-0.39, 0.29) is 35.2 Å². The number of pyridine rings is 1. The minimum Gasteiger partial charge on any atom is -0.376 e. The molecule has 2 N–H and O–H groups in total. The van der Waals surface area contributed by atoms with Gasteiger partial charge in [-0.1, -0.05) is 32.1 Å². The van der Waals surface area contributed by atoms with Gasteiger partial charge in [0.1, 0.15) is 11.1 Å². The smallest absolute Gasteiger partial charge is 0.256 e. The van der Waals surface area contributed by atoms with E-state index in [0.29, 0.717) is 6.54 Å².